The molecule has 186 valence electrons. The summed E-state index contributed by atoms with van der Waals surface area (Å²) >= 11 is 0. The van der Waals surface area contributed by atoms with Crippen LogP contribution in [-0.2, 0) is 16.1 Å². The molecule has 10 nitrogen and oxygen atoms in total. The van der Waals surface area contributed by atoms with Gasteiger partial charge in [0.05, 0.1) is 12.1 Å². The Labute approximate surface area is 204 Å². The maximum Gasteiger partial charge on any atom is 0.405 e. The Morgan fingerprint density at radius 1 is 1.00 bits per heavy atom. The van der Waals surface area contributed by atoms with Crippen molar-refractivity contribution in [3.8, 4) is 11.8 Å². The number of carboxylic acid groups (broad SMARTS) is 1. The molecule has 2 aromatic rings. The molecule has 35 heavy (non-hydrogen) atoms. The zero-order valence-corrected chi connectivity index (χ0v) is 19.8. The molecule has 0 bridgehead atoms. The van der Waals surface area contributed by atoms with Gasteiger partial charge in [-0.05, 0) is 55.8 Å². The molecule has 6 N–H and O–H groups in total. The third kappa shape index (κ3) is 8.75. The predicted octanol–water partition coefficient (Wildman–Crippen LogP) is 1.47. The number of nitrogens with one attached hydrogen (secondary N) is 4. The molecule has 1 atom stereocenters. The summed E-state index contributed by atoms with van der Waals surface area (Å²) in [5.74, 6) is 4.53. The number of rotatable bonds is 10. The van der Waals surface area contributed by atoms with Crippen molar-refractivity contribution >= 4 is 17.9 Å². The van der Waals surface area contributed by atoms with Gasteiger partial charge in [0.1, 0.15) is 6.04 Å². The van der Waals surface area contributed by atoms with E-state index in [1.807, 2.05) is 24.3 Å². The highest BCUT2D eigenvalue weighted by atomic mass is 16.5. The maximum atomic E-state index is 12.6. The minimum atomic E-state index is -1.39. The number of hydrogen-bond acceptors (Lipinski definition) is 6. The first-order valence-electron chi connectivity index (χ1n) is 10.8. The van der Waals surface area contributed by atoms with Crippen molar-refractivity contribution in [3.05, 3.63) is 70.8 Å². The van der Waals surface area contributed by atoms with Gasteiger partial charge in [-0.3, -0.25) is 14.8 Å². The molecule has 0 aromatic heterocycles. The molecular formula is C25H30N4O6. The van der Waals surface area contributed by atoms with Crippen molar-refractivity contribution in [3.63, 3.8) is 0 Å². The van der Waals surface area contributed by atoms with Gasteiger partial charge in [-0.2, -0.15) is 0 Å². The fourth-order valence-electron chi connectivity index (χ4n) is 3.16. The van der Waals surface area contributed by atoms with E-state index in [4.69, 9.17) is 15.1 Å². The van der Waals surface area contributed by atoms with Gasteiger partial charge in [0.2, 0.25) is 0 Å². The van der Waals surface area contributed by atoms with E-state index in [-0.39, 0.29) is 5.56 Å². The third-order valence-electron chi connectivity index (χ3n) is 5.06. The van der Waals surface area contributed by atoms with E-state index in [9.17, 15) is 14.4 Å². The number of methoxy groups -OCH3 is 1. The number of carbonyl (C=O) groups is 3. The second-order valence-corrected chi connectivity index (χ2v) is 8.23. The number of carbonyl (C=O) groups excluding carboxylic acids is 2. The summed E-state index contributed by atoms with van der Waals surface area (Å²) in [6.07, 6.45) is -1.38. The molecule has 0 aliphatic carbocycles. The van der Waals surface area contributed by atoms with Gasteiger partial charge in [0.15, 0.2) is 0 Å². The Hall–Kier alpha value is -3.91. The van der Waals surface area contributed by atoms with Crippen molar-refractivity contribution in [2.45, 2.75) is 32.0 Å². The predicted molar refractivity (Wildman–Crippen MR) is 129 cm³/mol. The molecule has 0 spiro atoms. The van der Waals surface area contributed by atoms with Gasteiger partial charge >= 0.3 is 6.09 Å². The summed E-state index contributed by atoms with van der Waals surface area (Å²) in [6, 6.07) is 12.9. The first-order chi connectivity index (χ1) is 16.7. The Morgan fingerprint density at radius 2 is 1.57 bits per heavy atom. The van der Waals surface area contributed by atoms with Crippen molar-refractivity contribution < 1.29 is 29.4 Å². The average molecular weight is 483 g/mol. The molecule has 0 aliphatic rings. The van der Waals surface area contributed by atoms with Gasteiger partial charge in [-0.1, -0.05) is 24.0 Å². The SMILES string of the molecule is COCCNCc1ccc(C#Cc2ccc(C(=O)NC(C(=O)NO)C(C)(C)NC(=O)O)cc2)cc1. The first-order valence-corrected chi connectivity index (χ1v) is 10.8. The maximum absolute atomic E-state index is 12.6. The molecule has 0 heterocycles. The van der Waals surface area contributed by atoms with Crippen molar-refractivity contribution in [2.75, 3.05) is 20.3 Å². The molecule has 3 amide bonds. The lowest BCUT2D eigenvalue weighted by Crippen LogP contribution is -2.64. The van der Waals surface area contributed by atoms with Crippen LogP contribution in [0.15, 0.2) is 48.5 Å². The minimum Gasteiger partial charge on any atom is -0.465 e. The lowest BCUT2D eigenvalue weighted by atomic mass is 9.93. The topological polar surface area (TPSA) is 149 Å². The third-order valence-corrected chi connectivity index (χ3v) is 5.06. The molecule has 0 aliphatic heterocycles. The van der Waals surface area contributed by atoms with Crippen LogP contribution in [0.4, 0.5) is 4.79 Å². The van der Waals surface area contributed by atoms with Crippen LogP contribution < -0.4 is 21.4 Å². The number of ether oxygens (including phenoxy) is 1. The summed E-state index contributed by atoms with van der Waals surface area (Å²) in [6.45, 7) is 4.99. The molecule has 0 radical (unpaired) electrons. The Kier molecular flexibility index (Phi) is 10.2. The zero-order chi connectivity index (χ0) is 25.8. The first kappa shape index (κ1) is 27.3. The highest BCUT2D eigenvalue weighted by molar-refractivity contribution is 5.98. The minimum absolute atomic E-state index is 0.239. The van der Waals surface area contributed by atoms with Crippen LogP contribution in [0.25, 0.3) is 0 Å². The fourth-order valence-corrected chi connectivity index (χ4v) is 3.16. The van der Waals surface area contributed by atoms with Crippen LogP contribution in [0.1, 0.15) is 40.9 Å². The van der Waals surface area contributed by atoms with Crippen LogP contribution in [0.5, 0.6) is 0 Å². The van der Waals surface area contributed by atoms with Crippen molar-refractivity contribution in [1.29, 1.82) is 0 Å². The summed E-state index contributed by atoms with van der Waals surface area (Å²) < 4.78 is 5.00. The van der Waals surface area contributed by atoms with E-state index in [0.717, 1.165) is 24.2 Å². The highest BCUT2D eigenvalue weighted by Gasteiger charge is 2.38. The van der Waals surface area contributed by atoms with Gasteiger partial charge in [0.25, 0.3) is 11.8 Å². The highest BCUT2D eigenvalue weighted by Crippen LogP contribution is 2.12. The Bertz CT molecular complexity index is 1070. The second-order valence-electron chi connectivity index (χ2n) is 8.23. The van der Waals surface area contributed by atoms with Crippen LogP contribution in [0, 0.1) is 11.8 Å². The summed E-state index contributed by atoms with van der Waals surface area (Å²) in [5, 5.41) is 25.9. The summed E-state index contributed by atoms with van der Waals surface area (Å²) in [5.41, 5.74) is 2.96. The van der Waals surface area contributed by atoms with E-state index < -0.39 is 29.5 Å². The lowest BCUT2D eigenvalue weighted by Gasteiger charge is -2.33. The van der Waals surface area contributed by atoms with Gasteiger partial charge in [-0.25, -0.2) is 10.3 Å². The number of amides is 3. The standard InChI is InChI=1S/C25H30N4O6/c1-25(2,28-24(32)33)21(23(31)29-34)27-22(30)20-12-10-18(11-13-20)5-4-17-6-8-19(9-7-17)16-26-14-15-35-3/h6-13,21,26,28,34H,14-16H2,1-3H3,(H,27,30)(H,29,31)(H,32,33). The molecular weight excluding hydrogens is 452 g/mol. The molecule has 2 aromatic carbocycles. The van der Waals surface area contributed by atoms with Gasteiger partial charge < -0.3 is 25.8 Å². The number of hydroxylamine groups is 1. The van der Waals surface area contributed by atoms with Crippen molar-refractivity contribution in [2.24, 2.45) is 0 Å². The number of hydrogen-bond donors (Lipinski definition) is 6. The Morgan fingerprint density at radius 3 is 2.09 bits per heavy atom. The molecule has 0 fully saturated rings. The van der Waals surface area contributed by atoms with Gasteiger partial charge in [0, 0.05) is 36.9 Å². The normalized spacial score (nSPS) is 11.5. The van der Waals surface area contributed by atoms with Crippen LogP contribution in [0.3, 0.4) is 0 Å². The monoisotopic (exact) mass is 482 g/mol. The second kappa shape index (κ2) is 13.1. The quantitative estimate of drug-likeness (QED) is 0.130. The summed E-state index contributed by atoms with van der Waals surface area (Å²) in [7, 11) is 1.66. The summed E-state index contributed by atoms with van der Waals surface area (Å²) in [4.78, 5) is 35.7. The van der Waals surface area contributed by atoms with Crippen LogP contribution in [-0.4, -0.2) is 60.1 Å². The van der Waals surface area contributed by atoms with E-state index in [1.165, 1.54) is 19.3 Å². The molecule has 0 saturated heterocycles. The number of benzene rings is 2. The lowest BCUT2D eigenvalue weighted by molar-refractivity contribution is -0.132. The van der Waals surface area contributed by atoms with Gasteiger partial charge in [-0.15, -0.1) is 0 Å². The molecule has 10 heteroatoms. The van der Waals surface area contributed by atoms with E-state index in [2.05, 4.69) is 27.8 Å². The Balaban J connectivity index is 2.03. The zero-order valence-electron chi connectivity index (χ0n) is 19.8. The molecule has 2 rings (SSSR count). The van der Waals surface area contributed by atoms with E-state index in [0.29, 0.717) is 12.2 Å². The van der Waals surface area contributed by atoms with Crippen LogP contribution in [0.2, 0.25) is 0 Å². The van der Waals surface area contributed by atoms with E-state index >= 15 is 0 Å². The van der Waals surface area contributed by atoms with E-state index in [1.54, 1.807) is 31.4 Å². The average Bonchev–Trinajstić information content (AvgIpc) is 2.83. The smallest absolute Gasteiger partial charge is 0.405 e. The molecule has 1 unspecified atom stereocenters. The fraction of sp³-hybridized carbons (Fsp3) is 0.320. The molecule has 0 saturated carbocycles. The van der Waals surface area contributed by atoms with Crippen LogP contribution >= 0.6 is 0 Å². The largest absolute Gasteiger partial charge is 0.465 e. The van der Waals surface area contributed by atoms with Crippen molar-refractivity contribution in [1.82, 2.24) is 21.4 Å².